The summed E-state index contributed by atoms with van der Waals surface area (Å²) in [6.45, 7) is 1.38. The van der Waals surface area contributed by atoms with Gasteiger partial charge in [0.15, 0.2) is 5.96 Å². The van der Waals surface area contributed by atoms with Crippen LogP contribution in [0.4, 0.5) is 5.69 Å². The molecule has 0 aliphatic carbocycles. The summed E-state index contributed by atoms with van der Waals surface area (Å²) in [5, 5.41) is 3.33. The maximum absolute atomic E-state index is 11.9. The topological polar surface area (TPSA) is 73.8 Å². The Morgan fingerprint density at radius 3 is 2.76 bits per heavy atom. The number of fused-ring (bicyclic) bond motifs is 1. The molecule has 3 rings (SSSR count). The van der Waals surface area contributed by atoms with Gasteiger partial charge in [-0.05, 0) is 42.8 Å². The molecule has 0 saturated carbocycles. The zero-order valence-electron chi connectivity index (χ0n) is 14.4. The highest BCUT2D eigenvalue weighted by Gasteiger charge is 2.22. The smallest absolute Gasteiger partial charge is 0.240 e. The normalized spacial score (nSPS) is 14.5. The van der Waals surface area contributed by atoms with Crippen LogP contribution in [0.5, 0.6) is 0 Å². The Morgan fingerprint density at radius 2 is 2.00 bits per heavy atom. The van der Waals surface area contributed by atoms with Crippen LogP contribution < -0.4 is 14.9 Å². The molecule has 0 fully saturated rings. The Bertz CT molecular complexity index is 893. The van der Waals surface area contributed by atoms with E-state index >= 15 is 0 Å². The van der Waals surface area contributed by atoms with E-state index in [1.54, 1.807) is 25.2 Å². The minimum atomic E-state index is -3.44. The number of hydrogen-bond acceptors (Lipinski definition) is 3. The van der Waals surface area contributed by atoms with Crippen LogP contribution in [-0.4, -0.2) is 35.0 Å². The van der Waals surface area contributed by atoms with Crippen LogP contribution in [0.15, 0.2) is 58.4 Å². The van der Waals surface area contributed by atoms with Gasteiger partial charge in [0.1, 0.15) is 0 Å². The van der Waals surface area contributed by atoms with Crippen LogP contribution in [-0.2, 0) is 23.0 Å². The van der Waals surface area contributed by atoms with Gasteiger partial charge in [-0.25, -0.2) is 13.1 Å². The minimum Gasteiger partial charge on any atom is -0.352 e. The first-order valence-electron chi connectivity index (χ1n) is 8.14. The van der Waals surface area contributed by atoms with Crippen molar-refractivity contribution in [2.75, 3.05) is 25.5 Å². The highest BCUT2D eigenvalue weighted by atomic mass is 32.2. The average molecular weight is 358 g/mol. The van der Waals surface area contributed by atoms with E-state index in [0.717, 1.165) is 24.5 Å². The van der Waals surface area contributed by atoms with Crippen molar-refractivity contribution < 1.29 is 8.42 Å². The number of nitrogens with one attached hydrogen (secondary N) is 2. The number of nitrogens with zero attached hydrogens (tertiary/aromatic N) is 2. The summed E-state index contributed by atoms with van der Waals surface area (Å²) in [6.07, 6.45) is 0.993. The maximum atomic E-state index is 11.9. The molecule has 1 heterocycles. The fourth-order valence-corrected chi connectivity index (χ4v) is 3.77. The molecule has 132 valence electrons. The van der Waals surface area contributed by atoms with E-state index in [-0.39, 0.29) is 4.90 Å². The molecule has 0 atom stereocenters. The minimum absolute atomic E-state index is 0.260. The molecular weight excluding hydrogens is 336 g/mol. The van der Waals surface area contributed by atoms with Gasteiger partial charge in [0.2, 0.25) is 10.0 Å². The molecule has 0 aromatic heterocycles. The summed E-state index contributed by atoms with van der Waals surface area (Å²) in [7, 11) is -0.274. The monoisotopic (exact) mass is 358 g/mol. The van der Waals surface area contributed by atoms with E-state index in [1.807, 2.05) is 18.2 Å². The highest BCUT2D eigenvalue weighted by molar-refractivity contribution is 7.89. The van der Waals surface area contributed by atoms with Crippen molar-refractivity contribution in [1.29, 1.82) is 0 Å². The number of aliphatic imine (C=N–C) groups is 1. The molecule has 2 aromatic carbocycles. The Labute approximate surface area is 148 Å². The van der Waals surface area contributed by atoms with Gasteiger partial charge in [-0.1, -0.05) is 30.3 Å². The lowest BCUT2D eigenvalue weighted by molar-refractivity contribution is 0.588. The predicted octanol–water partition coefficient (Wildman–Crippen LogP) is 1.73. The second kappa shape index (κ2) is 7.25. The van der Waals surface area contributed by atoms with Gasteiger partial charge in [0.25, 0.3) is 0 Å². The Morgan fingerprint density at radius 1 is 1.20 bits per heavy atom. The third-order valence-electron chi connectivity index (χ3n) is 4.28. The fourth-order valence-electron chi connectivity index (χ4n) is 2.98. The number of sulfonamides is 1. The second-order valence-electron chi connectivity index (χ2n) is 5.79. The zero-order chi connectivity index (χ0) is 17.9. The maximum Gasteiger partial charge on any atom is 0.240 e. The van der Waals surface area contributed by atoms with E-state index in [1.165, 1.54) is 18.3 Å². The number of anilines is 1. The summed E-state index contributed by atoms with van der Waals surface area (Å²) in [5.41, 5.74) is 3.36. The molecule has 1 aliphatic rings. The third-order valence-corrected chi connectivity index (χ3v) is 5.69. The number of rotatable bonds is 4. The van der Waals surface area contributed by atoms with Gasteiger partial charge in [-0.2, -0.15) is 0 Å². The van der Waals surface area contributed by atoms with Crippen molar-refractivity contribution in [2.24, 2.45) is 4.99 Å². The first kappa shape index (κ1) is 17.4. The average Bonchev–Trinajstić information content (AvgIpc) is 3.07. The molecule has 0 spiro atoms. The lowest BCUT2D eigenvalue weighted by atomic mass is 10.2. The third kappa shape index (κ3) is 3.67. The number of benzene rings is 2. The van der Waals surface area contributed by atoms with Crippen LogP contribution in [0.25, 0.3) is 0 Å². The van der Waals surface area contributed by atoms with Crippen molar-refractivity contribution >= 4 is 21.7 Å². The zero-order valence-corrected chi connectivity index (χ0v) is 15.2. The van der Waals surface area contributed by atoms with Gasteiger partial charge in [0, 0.05) is 25.8 Å². The van der Waals surface area contributed by atoms with Crippen molar-refractivity contribution in [3.05, 3.63) is 59.7 Å². The molecule has 2 N–H and O–H groups in total. The first-order valence-corrected chi connectivity index (χ1v) is 9.62. The van der Waals surface area contributed by atoms with Crippen LogP contribution in [0.2, 0.25) is 0 Å². The van der Waals surface area contributed by atoms with E-state index in [0.29, 0.717) is 6.54 Å². The largest absolute Gasteiger partial charge is 0.352 e. The van der Waals surface area contributed by atoms with Gasteiger partial charge >= 0.3 is 0 Å². The molecule has 6 nitrogen and oxygen atoms in total. The fraction of sp³-hybridized carbons (Fsp3) is 0.278. The van der Waals surface area contributed by atoms with E-state index in [2.05, 4.69) is 32.1 Å². The summed E-state index contributed by atoms with van der Waals surface area (Å²) in [5.74, 6) is 0.784. The molecule has 1 aliphatic heterocycles. The van der Waals surface area contributed by atoms with Crippen molar-refractivity contribution in [3.8, 4) is 0 Å². The highest BCUT2D eigenvalue weighted by Crippen LogP contribution is 2.27. The summed E-state index contributed by atoms with van der Waals surface area (Å²) >= 11 is 0. The molecule has 25 heavy (non-hydrogen) atoms. The van der Waals surface area contributed by atoms with Gasteiger partial charge in [-0.15, -0.1) is 0 Å². The van der Waals surface area contributed by atoms with Crippen LogP contribution in [0, 0.1) is 0 Å². The quantitative estimate of drug-likeness (QED) is 0.645. The summed E-state index contributed by atoms with van der Waals surface area (Å²) < 4.78 is 26.2. The molecule has 0 saturated heterocycles. The van der Waals surface area contributed by atoms with Crippen LogP contribution in [0.1, 0.15) is 11.1 Å². The van der Waals surface area contributed by atoms with Crippen LogP contribution >= 0.6 is 0 Å². The second-order valence-corrected chi connectivity index (χ2v) is 7.67. The molecule has 2 aromatic rings. The summed E-state index contributed by atoms with van der Waals surface area (Å²) in [4.78, 5) is 6.79. The molecule has 0 radical (unpaired) electrons. The predicted molar refractivity (Wildman–Crippen MR) is 100 cm³/mol. The van der Waals surface area contributed by atoms with Crippen molar-refractivity contribution in [2.45, 2.75) is 17.9 Å². The Kier molecular flexibility index (Phi) is 5.06. The van der Waals surface area contributed by atoms with Gasteiger partial charge < -0.3 is 10.2 Å². The molecule has 0 amide bonds. The van der Waals surface area contributed by atoms with Gasteiger partial charge in [0.05, 0.1) is 4.90 Å². The Balaban J connectivity index is 1.74. The molecule has 0 unspecified atom stereocenters. The van der Waals surface area contributed by atoms with Crippen molar-refractivity contribution in [3.63, 3.8) is 0 Å². The standard InChI is InChI=1S/C18H22N4O2S/c1-19-18(22-11-10-15-7-3-4-9-17(15)22)21-13-14-6-5-8-16(12-14)25(23,24)20-2/h3-9,12,20H,10-11,13H2,1-2H3,(H,19,21). The van der Waals surface area contributed by atoms with E-state index in [4.69, 9.17) is 0 Å². The van der Waals surface area contributed by atoms with Crippen LogP contribution in [0.3, 0.4) is 0 Å². The molecule has 0 bridgehead atoms. The summed E-state index contributed by atoms with van der Waals surface area (Å²) in [6, 6.07) is 15.2. The SMILES string of the molecule is CN=C(NCc1cccc(S(=O)(=O)NC)c1)N1CCc2ccccc21. The number of guanidine groups is 1. The number of para-hydroxylation sites is 1. The number of hydrogen-bond donors (Lipinski definition) is 2. The molecular formula is C18H22N4O2S. The first-order chi connectivity index (χ1) is 12.0. The molecule has 7 heteroatoms. The van der Waals surface area contributed by atoms with Gasteiger partial charge in [-0.3, -0.25) is 4.99 Å². The van der Waals surface area contributed by atoms with E-state index in [9.17, 15) is 8.42 Å². The Hall–Kier alpha value is -2.38. The van der Waals surface area contributed by atoms with E-state index < -0.39 is 10.0 Å². The lowest BCUT2D eigenvalue weighted by Crippen LogP contribution is -2.40. The van der Waals surface area contributed by atoms with Crippen molar-refractivity contribution in [1.82, 2.24) is 10.0 Å². The lowest BCUT2D eigenvalue weighted by Gasteiger charge is -2.22.